The van der Waals surface area contributed by atoms with Gasteiger partial charge in [-0.1, -0.05) is 49.6 Å². The van der Waals surface area contributed by atoms with E-state index in [4.69, 9.17) is 4.98 Å². The predicted molar refractivity (Wildman–Crippen MR) is 91.1 cm³/mol. The molecular weight excluding hydrogens is 286 g/mol. The highest BCUT2D eigenvalue weighted by Gasteiger charge is 2.17. The van der Waals surface area contributed by atoms with Gasteiger partial charge in [0, 0.05) is 24.0 Å². The SMILES string of the molecule is c1ccc(-c2nc(NC3CCCCC3)c3nccnc3n2)cc1. The average molecular weight is 305 g/mol. The van der Waals surface area contributed by atoms with Gasteiger partial charge in [-0.25, -0.2) is 19.9 Å². The van der Waals surface area contributed by atoms with E-state index < -0.39 is 0 Å². The Balaban J connectivity index is 1.77. The Kier molecular flexibility index (Phi) is 3.84. The number of hydrogen-bond acceptors (Lipinski definition) is 5. The Hall–Kier alpha value is -2.56. The third-order valence-corrected chi connectivity index (χ3v) is 4.31. The molecule has 4 rings (SSSR count). The monoisotopic (exact) mass is 305 g/mol. The molecule has 1 N–H and O–H groups in total. The number of rotatable bonds is 3. The van der Waals surface area contributed by atoms with Crippen LogP contribution in [0.1, 0.15) is 32.1 Å². The van der Waals surface area contributed by atoms with E-state index in [0.717, 1.165) is 16.9 Å². The Bertz CT molecular complexity index is 797. The Morgan fingerprint density at radius 2 is 1.65 bits per heavy atom. The molecule has 3 aromatic rings. The van der Waals surface area contributed by atoms with E-state index >= 15 is 0 Å². The molecule has 0 bridgehead atoms. The first-order valence-electron chi connectivity index (χ1n) is 8.21. The zero-order valence-corrected chi connectivity index (χ0v) is 12.9. The van der Waals surface area contributed by atoms with Crippen LogP contribution in [0.25, 0.3) is 22.6 Å². The van der Waals surface area contributed by atoms with E-state index in [1.807, 2.05) is 30.3 Å². The maximum Gasteiger partial charge on any atom is 0.184 e. The molecule has 0 atom stereocenters. The number of nitrogens with one attached hydrogen (secondary N) is 1. The number of aromatic nitrogens is 4. The van der Waals surface area contributed by atoms with Gasteiger partial charge in [-0.3, -0.25) is 0 Å². The lowest BCUT2D eigenvalue weighted by Gasteiger charge is -2.23. The van der Waals surface area contributed by atoms with Gasteiger partial charge in [-0.15, -0.1) is 0 Å². The van der Waals surface area contributed by atoms with Crippen LogP contribution in [0.3, 0.4) is 0 Å². The van der Waals surface area contributed by atoms with Crippen LogP contribution in [0.15, 0.2) is 42.7 Å². The molecule has 5 heteroatoms. The molecule has 1 aliphatic rings. The van der Waals surface area contributed by atoms with Gasteiger partial charge in [-0.2, -0.15) is 0 Å². The highest BCUT2D eigenvalue weighted by atomic mass is 15.1. The van der Waals surface area contributed by atoms with Gasteiger partial charge >= 0.3 is 0 Å². The van der Waals surface area contributed by atoms with E-state index in [1.54, 1.807) is 12.4 Å². The lowest BCUT2D eigenvalue weighted by atomic mass is 9.95. The summed E-state index contributed by atoms with van der Waals surface area (Å²) in [6, 6.07) is 10.5. The normalized spacial score (nSPS) is 15.7. The van der Waals surface area contributed by atoms with Crippen LogP contribution < -0.4 is 5.32 Å². The first-order valence-corrected chi connectivity index (χ1v) is 8.21. The third kappa shape index (κ3) is 2.99. The summed E-state index contributed by atoms with van der Waals surface area (Å²) in [5.74, 6) is 1.49. The minimum atomic E-state index is 0.465. The Morgan fingerprint density at radius 1 is 0.870 bits per heavy atom. The molecule has 1 aliphatic carbocycles. The third-order valence-electron chi connectivity index (χ3n) is 4.31. The van der Waals surface area contributed by atoms with Crippen LogP contribution in [0.5, 0.6) is 0 Å². The van der Waals surface area contributed by atoms with Crippen molar-refractivity contribution in [3.63, 3.8) is 0 Å². The quantitative estimate of drug-likeness (QED) is 0.796. The van der Waals surface area contributed by atoms with Crippen molar-refractivity contribution in [1.29, 1.82) is 0 Å². The molecule has 0 saturated heterocycles. The number of hydrogen-bond donors (Lipinski definition) is 1. The molecule has 0 amide bonds. The minimum absolute atomic E-state index is 0.465. The van der Waals surface area contributed by atoms with E-state index in [-0.39, 0.29) is 0 Å². The fourth-order valence-corrected chi connectivity index (χ4v) is 3.12. The van der Waals surface area contributed by atoms with E-state index in [1.165, 1.54) is 32.1 Å². The van der Waals surface area contributed by atoms with Crippen LogP contribution >= 0.6 is 0 Å². The minimum Gasteiger partial charge on any atom is -0.365 e. The summed E-state index contributed by atoms with van der Waals surface area (Å²) in [4.78, 5) is 18.1. The van der Waals surface area contributed by atoms with Gasteiger partial charge < -0.3 is 5.32 Å². The summed E-state index contributed by atoms with van der Waals surface area (Å²) in [6.07, 6.45) is 9.63. The molecule has 5 nitrogen and oxygen atoms in total. The van der Waals surface area contributed by atoms with Crippen molar-refractivity contribution in [2.45, 2.75) is 38.1 Å². The number of anilines is 1. The molecular formula is C18H19N5. The summed E-state index contributed by atoms with van der Waals surface area (Å²) in [5.41, 5.74) is 2.38. The van der Waals surface area contributed by atoms with Gasteiger partial charge in [0.25, 0.3) is 0 Å². The lowest BCUT2D eigenvalue weighted by Crippen LogP contribution is -2.23. The van der Waals surface area contributed by atoms with E-state index in [9.17, 15) is 0 Å². The molecule has 2 aromatic heterocycles. The fourth-order valence-electron chi connectivity index (χ4n) is 3.12. The second-order valence-electron chi connectivity index (χ2n) is 5.97. The number of nitrogens with zero attached hydrogens (tertiary/aromatic N) is 4. The highest BCUT2D eigenvalue weighted by molar-refractivity contribution is 5.84. The van der Waals surface area contributed by atoms with Crippen molar-refractivity contribution in [2.24, 2.45) is 0 Å². The second-order valence-corrected chi connectivity index (χ2v) is 5.97. The van der Waals surface area contributed by atoms with Crippen LogP contribution in [0.2, 0.25) is 0 Å². The van der Waals surface area contributed by atoms with Crippen molar-refractivity contribution < 1.29 is 0 Å². The zero-order valence-electron chi connectivity index (χ0n) is 12.9. The molecule has 1 aromatic carbocycles. The molecule has 0 radical (unpaired) electrons. The lowest BCUT2D eigenvalue weighted by molar-refractivity contribution is 0.462. The summed E-state index contributed by atoms with van der Waals surface area (Å²) in [7, 11) is 0. The summed E-state index contributed by atoms with van der Waals surface area (Å²) in [5, 5.41) is 3.58. The van der Waals surface area contributed by atoms with E-state index in [2.05, 4.69) is 20.3 Å². The van der Waals surface area contributed by atoms with Crippen molar-refractivity contribution in [3.05, 3.63) is 42.7 Å². The summed E-state index contributed by atoms with van der Waals surface area (Å²) >= 11 is 0. The van der Waals surface area contributed by atoms with Crippen LogP contribution in [0, 0.1) is 0 Å². The number of fused-ring (bicyclic) bond motifs is 1. The first-order chi connectivity index (χ1) is 11.4. The number of benzene rings is 1. The molecule has 0 unspecified atom stereocenters. The maximum absolute atomic E-state index is 4.74. The van der Waals surface area contributed by atoms with Crippen molar-refractivity contribution in [2.75, 3.05) is 5.32 Å². The van der Waals surface area contributed by atoms with Gasteiger partial charge in [0.05, 0.1) is 0 Å². The molecule has 0 spiro atoms. The topological polar surface area (TPSA) is 63.6 Å². The molecule has 0 aliphatic heterocycles. The first kappa shape index (κ1) is 14.1. The molecule has 1 fully saturated rings. The van der Waals surface area contributed by atoms with Crippen molar-refractivity contribution in [3.8, 4) is 11.4 Å². The van der Waals surface area contributed by atoms with Crippen LogP contribution in [0.4, 0.5) is 5.82 Å². The van der Waals surface area contributed by atoms with Crippen molar-refractivity contribution in [1.82, 2.24) is 19.9 Å². The average Bonchev–Trinajstić information content (AvgIpc) is 2.63. The molecule has 23 heavy (non-hydrogen) atoms. The Morgan fingerprint density at radius 3 is 2.48 bits per heavy atom. The van der Waals surface area contributed by atoms with Gasteiger partial charge in [-0.05, 0) is 12.8 Å². The fraction of sp³-hybridized carbons (Fsp3) is 0.333. The molecule has 116 valence electrons. The Labute approximate surface area is 135 Å². The predicted octanol–water partition coefficient (Wildman–Crippen LogP) is 3.83. The maximum atomic E-state index is 4.74. The van der Waals surface area contributed by atoms with Crippen LogP contribution in [-0.2, 0) is 0 Å². The standard InChI is InChI=1S/C18H19N5/c1-3-7-13(8-4-1)16-22-17-15(19-11-12-20-17)18(23-16)21-14-9-5-2-6-10-14/h1,3-4,7-8,11-12,14H,2,5-6,9-10H2,(H,20,21,22,23). The van der Waals surface area contributed by atoms with Crippen LogP contribution in [-0.4, -0.2) is 26.0 Å². The summed E-state index contributed by atoms with van der Waals surface area (Å²) < 4.78 is 0. The van der Waals surface area contributed by atoms with Gasteiger partial charge in [0.15, 0.2) is 17.3 Å². The largest absolute Gasteiger partial charge is 0.365 e. The zero-order chi connectivity index (χ0) is 15.5. The molecule has 2 heterocycles. The van der Waals surface area contributed by atoms with Gasteiger partial charge in [0.2, 0.25) is 0 Å². The summed E-state index contributed by atoms with van der Waals surface area (Å²) in [6.45, 7) is 0. The van der Waals surface area contributed by atoms with Gasteiger partial charge in [0.1, 0.15) is 5.52 Å². The highest BCUT2D eigenvalue weighted by Crippen LogP contribution is 2.26. The molecule has 1 saturated carbocycles. The van der Waals surface area contributed by atoms with E-state index in [0.29, 0.717) is 17.5 Å². The van der Waals surface area contributed by atoms with Crippen molar-refractivity contribution >= 4 is 17.0 Å². The second kappa shape index (κ2) is 6.28. The smallest absolute Gasteiger partial charge is 0.184 e.